The number of likely N-dealkylation sites (tertiary alicyclic amines) is 1. The van der Waals surface area contributed by atoms with Crippen LogP contribution in [0.4, 0.5) is 0 Å². The summed E-state index contributed by atoms with van der Waals surface area (Å²) in [5.74, 6) is -10.2. The summed E-state index contributed by atoms with van der Waals surface area (Å²) in [6, 6.07) is 5.75. The highest BCUT2D eigenvalue weighted by atomic mass is 16.3. The van der Waals surface area contributed by atoms with Gasteiger partial charge in [-0.25, -0.2) is 0 Å². The van der Waals surface area contributed by atoms with Gasteiger partial charge in [0.2, 0.25) is 47.3 Å². The van der Waals surface area contributed by atoms with Crippen LogP contribution in [0.15, 0.2) is 59.7 Å². The number of rotatable bonds is 35. The van der Waals surface area contributed by atoms with E-state index < -0.39 is 138 Å². The fraction of sp³-hybridized carbons (Fsp3) is 0.587. The first-order valence-corrected chi connectivity index (χ1v) is 31.0. The van der Waals surface area contributed by atoms with Gasteiger partial charge in [0, 0.05) is 95.0 Å². The Balaban J connectivity index is 1.12. The summed E-state index contributed by atoms with van der Waals surface area (Å²) in [5, 5.41) is 48.7. The number of aromatic nitrogens is 1. The SMILES string of the molecule is CN=C(N)NCCC[C@H](CC(=O)[C@H](CC1CCC1)NC(=O)CCC(=O)[C@H](CC1CCCCC1)NC(=O)[C@@H](CC(=O)[C@H](CC(N)=O)NC(=O)[C@@H]1C[C@@H](O)CN1C(=O)[C@@H](Cc1ccc(O)cc1)NC(C)=O)[C@@H](C)O)C(=O)N[C@@H](Cc1c[nH]c2ccccc12)C(N)=O. The van der Waals surface area contributed by atoms with E-state index in [1.54, 1.807) is 18.3 Å². The molecule has 2 aromatic carbocycles. The van der Waals surface area contributed by atoms with Gasteiger partial charge in [0.15, 0.2) is 23.3 Å². The van der Waals surface area contributed by atoms with Crippen molar-refractivity contribution in [2.45, 2.75) is 191 Å². The van der Waals surface area contributed by atoms with E-state index in [2.05, 4.69) is 41.9 Å². The third-order valence-corrected chi connectivity index (χ3v) is 17.3. The van der Waals surface area contributed by atoms with Crippen molar-refractivity contribution < 1.29 is 68.1 Å². The zero-order valence-electron chi connectivity index (χ0n) is 51.1. The number of Topliss-reactive ketones (excluding diaryl/α,β-unsaturated/α-hetero) is 3. The number of guanidine groups is 1. The topological polar surface area (TPSA) is 430 Å². The average Bonchev–Trinajstić information content (AvgIpc) is 1.88. The first kappa shape index (κ1) is 69.8. The first-order valence-electron chi connectivity index (χ1n) is 31.0. The molecule has 8 amide bonds. The number of nitrogens with two attached hydrogens (primary N) is 3. The Morgan fingerprint density at radius 1 is 0.708 bits per heavy atom. The number of benzene rings is 2. The summed E-state index contributed by atoms with van der Waals surface area (Å²) in [4.78, 5) is 159. The third-order valence-electron chi connectivity index (χ3n) is 17.3. The van der Waals surface area contributed by atoms with Gasteiger partial charge in [0.05, 0.1) is 42.7 Å². The summed E-state index contributed by atoms with van der Waals surface area (Å²) >= 11 is 0. The van der Waals surface area contributed by atoms with Crippen LogP contribution in [0.3, 0.4) is 0 Å². The van der Waals surface area contributed by atoms with E-state index in [1.807, 2.05) is 24.3 Å². The number of fused-ring (bicyclic) bond motifs is 1. The molecule has 0 unspecified atom stereocenters. The maximum atomic E-state index is 14.4. The van der Waals surface area contributed by atoms with E-state index in [4.69, 9.17) is 17.2 Å². The number of aliphatic imine (C=N–C) groups is 1. The van der Waals surface area contributed by atoms with Crippen LogP contribution < -0.4 is 49.1 Å². The Morgan fingerprint density at radius 3 is 1.97 bits per heavy atom. The number of hydrogen-bond acceptors (Lipinski definition) is 15. The maximum Gasteiger partial charge on any atom is 0.246 e. The quantitative estimate of drug-likeness (QED) is 0.0220. The molecule has 3 aliphatic rings. The highest BCUT2D eigenvalue weighted by Crippen LogP contribution is 2.32. The van der Waals surface area contributed by atoms with E-state index in [9.17, 15) is 68.1 Å². The lowest BCUT2D eigenvalue weighted by molar-refractivity contribution is -0.142. The molecule has 0 bridgehead atoms. The van der Waals surface area contributed by atoms with Crippen LogP contribution in [0, 0.1) is 23.7 Å². The molecule has 2 aliphatic carbocycles. The second-order valence-corrected chi connectivity index (χ2v) is 24.3. The monoisotopic (exact) mass is 1240 g/mol. The predicted octanol–water partition coefficient (Wildman–Crippen LogP) is 0.781. The molecule has 1 saturated heterocycles. The van der Waals surface area contributed by atoms with Crippen molar-refractivity contribution in [2.75, 3.05) is 20.1 Å². The Bertz CT molecular complexity index is 3010. The highest BCUT2D eigenvalue weighted by Gasteiger charge is 2.43. The van der Waals surface area contributed by atoms with Crippen molar-refractivity contribution in [1.82, 2.24) is 41.8 Å². The number of β-amino-alcohol motifs (C(OH)–C–C–N with tert-alkyl or cyclic N) is 1. The van der Waals surface area contributed by atoms with Gasteiger partial charge in [0.25, 0.3) is 0 Å². The van der Waals surface area contributed by atoms with E-state index in [0.29, 0.717) is 18.5 Å². The number of aromatic hydroxyl groups is 1. The molecule has 3 aromatic rings. The van der Waals surface area contributed by atoms with Crippen LogP contribution in [0.5, 0.6) is 5.75 Å². The smallest absolute Gasteiger partial charge is 0.246 e. The number of carbonyl (C=O) groups is 11. The highest BCUT2D eigenvalue weighted by molar-refractivity contribution is 6.00. The van der Waals surface area contributed by atoms with Gasteiger partial charge in [-0.15, -0.1) is 0 Å². The van der Waals surface area contributed by atoms with Gasteiger partial charge in [-0.2, -0.15) is 0 Å². The Hall–Kier alpha value is -8.26. The number of para-hydroxylation sites is 1. The van der Waals surface area contributed by atoms with Gasteiger partial charge >= 0.3 is 0 Å². The Labute approximate surface area is 517 Å². The number of aliphatic hydroxyl groups excluding tert-OH is 2. The van der Waals surface area contributed by atoms with Crippen molar-refractivity contribution in [1.29, 1.82) is 0 Å². The molecule has 26 heteroatoms. The molecule has 2 heterocycles. The van der Waals surface area contributed by atoms with E-state index >= 15 is 0 Å². The van der Waals surface area contributed by atoms with E-state index in [1.165, 1.54) is 33.0 Å². The summed E-state index contributed by atoms with van der Waals surface area (Å²) in [5.41, 5.74) is 19.4. The average molecular weight is 1240 g/mol. The predicted molar refractivity (Wildman–Crippen MR) is 328 cm³/mol. The lowest BCUT2D eigenvalue weighted by Crippen LogP contribution is -2.56. The minimum atomic E-state index is -1.67. The minimum absolute atomic E-state index is 0.00446. The normalized spacial score (nSPS) is 19.0. The Morgan fingerprint density at radius 2 is 1.35 bits per heavy atom. The van der Waals surface area contributed by atoms with E-state index in [-0.39, 0.29) is 87.9 Å². The van der Waals surface area contributed by atoms with Crippen molar-refractivity contribution >= 4 is 81.5 Å². The van der Waals surface area contributed by atoms with Crippen molar-refractivity contribution in [2.24, 2.45) is 45.9 Å². The Kier molecular flexibility index (Phi) is 26.6. The van der Waals surface area contributed by atoms with Crippen molar-refractivity contribution in [3.8, 4) is 5.75 Å². The van der Waals surface area contributed by atoms with Crippen LogP contribution in [-0.2, 0) is 65.6 Å². The number of carbonyl (C=O) groups excluding carboxylic acids is 11. The molecule has 1 aromatic heterocycles. The fourth-order valence-electron chi connectivity index (χ4n) is 12.1. The molecule has 1 aliphatic heterocycles. The number of nitrogens with zero attached hydrogens (tertiary/aromatic N) is 2. The number of amides is 8. The molecule has 16 N–H and O–H groups in total. The molecular formula is C63H90N12O14. The summed E-state index contributed by atoms with van der Waals surface area (Å²) in [6.45, 7) is 2.45. The third kappa shape index (κ3) is 21.5. The number of aliphatic hydroxyl groups is 2. The summed E-state index contributed by atoms with van der Waals surface area (Å²) in [7, 11) is 1.51. The number of aromatic amines is 1. The largest absolute Gasteiger partial charge is 0.508 e. The van der Waals surface area contributed by atoms with Gasteiger partial charge in [0.1, 0.15) is 23.9 Å². The number of H-pyrrole nitrogens is 1. The summed E-state index contributed by atoms with van der Waals surface area (Å²) in [6.07, 6.45) is 4.11. The van der Waals surface area contributed by atoms with Crippen LogP contribution in [-0.4, -0.2) is 164 Å². The standard InChI is InChI=1S/C63H90N12O14/c1-35(76)45(31-55(82)49(32-56(64)83)73-61(88)52-30-43(79)34-75(52)62(89)51(70-36(2)77)27-39-18-20-42(78)21-19-39)60(87)72-47(25-37-11-5-4-6-12-37)53(80)22-23-57(84)71-48(26-38-13-9-14-38)54(81)29-40(15-10-24-68-63(66)67-3)59(86)74-50(58(65)85)28-41-33-69-46-17-8-7-16-44(41)46/h7-8,16-21,33,35,37-38,40,43,45,47-52,69,76,78-79H,4-6,9-15,22-32,34H2,1-3H3,(H2,64,83)(H2,65,85)(H,70,77)(H,71,84)(H,72,87)(H,73,88)(H,74,86)(H3,66,67,68)/t35-,40-,43-,45+,47+,48+,49+,50+,51-,52+/m1/s1. The molecule has 3 fully saturated rings. The number of phenols is 1. The molecule has 6 rings (SSSR count). The molecular weight excluding hydrogens is 1150 g/mol. The van der Waals surface area contributed by atoms with Gasteiger partial charge in [-0.1, -0.05) is 81.7 Å². The maximum absolute atomic E-state index is 14.4. The molecule has 26 nitrogen and oxygen atoms in total. The van der Waals surface area contributed by atoms with Crippen LogP contribution in [0.25, 0.3) is 10.9 Å². The second kappa shape index (κ2) is 33.9. The zero-order chi connectivity index (χ0) is 64.9. The van der Waals surface area contributed by atoms with Crippen molar-refractivity contribution in [3.63, 3.8) is 0 Å². The molecule has 0 radical (unpaired) electrons. The number of hydrogen-bond donors (Lipinski definition) is 13. The molecule has 0 spiro atoms. The zero-order valence-corrected chi connectivity index (χ0v) is 51.1. The van der Waals surface area contributed by atoms with Crippen LogP contribution in [0.1, 0.15) is 141 Å². The number of ketones is 3. The molecule has 486 valence electrons. The fourth-order valence-corrected chi connectivity index (χ4v) is 12.1. The first-order chi connectivity index (χ1) is 42.4. The van der Waals surface area contributed by atoms with Gasteiger partial charge in [-0.3, -0.25) is 57.7 Å². The number of nitrogens with one attached hydrogen (secondary N) is 7. The van der Waals surface area contributed by atoms with Gasteiger partial charge in [-0.05, 0) is 73.8 Å². The lowest BCUT2D eigenvalue weighted by atomic mass is 9.79. The van der Waals surface area contributed by atoms with Crippen LogP contribution >= 0.6 is 0 Å². The second-order valence-electron chi connectivity index (χ2n) is 24.3. The molecule has 2 saturated carbocycles. The van der Waals surface area contributed by atoms with Crippen molar-refractivity contribution in [3.05, 3.63) is 65.9 Å². The van der Waals surface area contributed by atoms with Gasteiger partial charge < -0.3 is 74.3 Å². The lowest BCUT2D eigenvalue weighted by Gasteiger charge is -2.30. The molecule has 89 heavy (non-hydrogen) atoms. The number of phenolic OH excluding ortho intramolecular Hbond substituents is 1. The number of primary amides is 2. The minimum Gasteiger partial charge on any atom is -0.508 e. The molecule has 10 atom stereocenters. The van der Waals surface area contributed by atoms with Crippen LogP contribution in [0.2, 0.25) is 0 Å². The van der Waals surface area contributed by atoms with E-state index in [0.717, 1.165) is 72.7 Å². The summed E-state index contributed by atoms with van der Waals surface area (Å²) < 4.78 is 0.